The van der Waals surface area contributed by atoms with Crippen LogP contribution in [0.15, 0.2) is 77.7 Å². The Bertz CT molecular complexity index is 1130. The van der Waals surface area contributed by atoms with Crippen molar-refractivity contribution >= 4 is 35.0 Å². The molecule has 0 aliphatic carbocycles. The van der Waals surface area contributed by atoms with E-state index in [0.717, 1.165) is 41.4 Å². The molecule has 184 valence electrons. The Kier molecular flexibility index (Phi) is 8.74. The number of anilines is 1. The first kappa shape index (κ1) is 25.6. The lowest BCUT2D eigenvalue weighted by atomic mass is 10.1. The third-order valence-electron chi connectivity index (χ3n) is 6.15. The second kappa shape index (κ2) is 12.0. The van der Waals surface area contributed by atoms with Crippen molar-refractivity contribution in [2.45, 2.75) is 36.1 Å². The Balaban J connectivity index is 1.60. The molecule has 7 heteroatoms. The molecule has 4 rings (SSSR count). The van der Waals surface area contributed by atoms with Gasteiger partial charge in [0.2, 0.25) is 0 Å². The highest BCUT2D eigenvalue weighted by Gasteiger charge is 2.37. The molecule has 35 heavy (non-hydrogen) atoms. The molecule has 0 fully saturated rings. The minimum absolute atomic E-state index is 0.296. The van der Waals surface area contributed by atoms with Gasteiger partial charge in [-0.05, 0) is 54.4 Å². The lowest BCUT2D eigenvalue weighted by Gasteiger charge is -2.29. The summed E-state index contributed by atoms with van der Waals surface area (Å²) >= 11 is 7.81. The largest absolute Gasteiger partial charge is 0.497 e. The molecule has 0 spiro atoms. The van der Waals surface area contributed by atoms with Gasteiger partial charge in [-0.3, -0.25) is 9.69 Å². The van der Waals surface area contributed by atoms with Crippen molar-refractivity contribution in [3.63, 3.8) is 0 Å². The third-order valence-corrected chi connectivity index (χ3v) is 7.75. The second-order valence-corrected chi connectivity index (χ2v) is 10.2. The summed E-state index contributed by atoms with van der Waals surface area (Å²) < 4.78 is 5.27. The molecule has 0 bridgehead atoms. The maximum atomic E-state index is 13.6. The number of benzene rings is 3. The van der Waals surface area contributed by atoms with Crippen LogP contribution in [0.4, 0.5) is 5.69 Å². The Morgan fingerprint density at radius 3 is 2.49 bits per heavy atom. The monoisotopic (exact) mass is 510 g/mol. The lowest BCUT2D eigenvalue weighted by Crippen LogP contribution is -2.44. The number of aliphatic hydroxyl groups is 1. The second-order valence-electron chi connectivity index (χ2n) is 8.62. The predicted octanol–water partition coefficient (Wildman–Crippen LogP) is 5.80. The van der Waals surface area contributed by atoms with E-state index >= 15 is 0 Å². The molecule has 1 amide bonds. The fourth-order valence-electron chi connectivity index (χ4n) is 4.36. The lowest BCUT2D eigenvalue weighted by molar-refractivity contribution is -0.126. The molecule has 0 saturated carbocycles. The summed E-state index contributed by atoms with van der Waals surface area (Å²) in [6.07, 6.45) is -0.168. The molecule has 3 aromatic carbocycles. The van der Waals surface area contributed by atoms with Gasteiger partial charge >= 0.3 is 0 Å². The Morgan fingerprint density at radius 1 is 1.06 bits per heavy atom. The number of halogens is 1. The Labute approximate surface area is 216 Å². The van der Waals surface area contributed by atoms with Crippen LogP contribution >= 0.6 is 23.4 Å². The molecule has 1 heterocycles. The number of hydrogen-bond acceptors (Lipinski definition) is 5. The number of nitrogens with zero attached hydrogens (tertiary/aromatic N) is 2. The number of ether oxygens (including phenoxy) is 1. The molecular formula is C28H31ClN2O3S. The molecule has 1 aliphatic rings. The third kappa shape index (κ3) is 6.19. The van der Waals surface area contributed by atoms with Crippen LogP contribution in [0.25, 0.3) is 0 Å². The fourth-order valence-corrected chi connectivity index (χ4v) is 5.90. The summed E-state index contributed by atoms with van der Waals surface area (Å²) in [7, 11) is 1.61. The molecule has 0 aromatic heterocycles. The molecule has 3 aromatic rings. The van der Waals surface area contributed by atoms with Gasteiger partial charge in [0.25, 0.3) is 5.91 Å². The Morgan fingerprint density at radius 2 is 1.80 bits per heavy atom. The van der Waals surface area contributed by atoms with Crippen LogP contribution in [0.3, 0.4) is 0 Å². The zero-order valence-electron chi connectivity index (χ0n) is 20.1. The predicted molar refractivity (Wildman–Crippen MR) is 143 cm³/mol. The summed E-state index contributed by atoms with van der Waals surface area (Å²) in [6, 6.07) is 23.4. The molecular weight excluding hydrogens is 480 g/mol. The van der Waals surface area contributed by atoms with E-state index in [1.54, 1.807) is 18.1 Å². The molecule has 2 atom stereocenters. The first-order chi connectivity index (χ1) is 17.0. The van der Waals surface area contributed by atoms with Gasteiger partial charge in [-0.25, -0.2) is 0 Å². The molecule has 5 nitrogen and oxygen atoms in total. The number of methoxy groups -OCH3 is 1. The zero-order valence-corrected chi connectivity index (χ0v) is 21.6. The fraction of sp³-hybridized carbons (Fsp3) is 0.321. The molecule has 1 aliphatic heterocycles. The van der Waals surface area contributed by atoms with Crippen LogP contribution in [0.5, 0.6) is 5.75 Å². The minimum atomic E-state index is -1.19. The van der Waals surface area contributed by atoms with Gasteiger partial charge in [0.1, 0.15) is 11.9 Å². The van der Waals surface area contributed by atoms with E-state index in [4.69, 9.17) is 16.3 Å². The number of hydrogen-bond donors (Lipinski definition) is 1. The maximum absolute atomic E-state index is 13.6. The smallest absolute Gasteiger partial charge is 0.257 e. The number of aliphatic hydroxyl groups excluding tert-OH is 1. The van der Waals surface area contributed by atoms with Gasteiger partial charge in [0.05, 0.1) is 18.0 Å². The van der Waals surface area contributed by atoms with E-state index in [2.05, 4.69) is 24.0 Å². The number of amides is 1. The van der Waals surface area contributed by atoms with Gasteiger partial charge in [0.15, 0.2) is 0 Å². The van der Waals surface area contributed by atoms with Crippen LogP contribution in [0, 0.1) is 0 Å². The van der Waals surface area contributed by atoms with Crippen LogP contribution in [0.2, 0.25) is 5.02 Å². The van der Waals surface area contributed by atoms with E-state index < -0.39 is 11.4 Å². The number of carbonyl (C=O) groups is 1. The summed E-state index contributed by atoms with van der Waals surface area (Å²) in [4.78, 5) is 18.6. The van der Waals surface area contributed by atoms with Crippen molar-refractivity contribution in [1.82, 2.24) is 4.90 Å². The van der Waals surface area contributed by atoms with Gasteiger partial charge in [-0.1, -0.05) is 61.0 Å². The maximum Gasteiger partial charge on any atom is 0.257 e. The van der Waals surface area contributed by atoms with E-state index in [9.17, 15) is 9.90 Å². The normalized spacial score (nSPS) is 17.9. The van der Waals surface area contributed by atoms with Gasteiger partial charge in [0, 0.05) is 29.6 Å². The topological polar surface area (TPSA) is 53.0 Å². The summed E-state index contributed by atoms with van der Waals surface area (Å²) in [5, 5.41) is 11.4. The first-order valence-electron chi connectivity index (χ1n) is 11.9. The zero-order chi connectivity index (χ0) is 24.8. The van der Waals surface area contributed by atoms with E-state index in [-0.39, 0.29) is 5.91 Å². The summed E-state index contributed by atoms with van der Waals surface area (Å²) in [6.45, 7) is 5.08. The van der Waals surface area contributed by atoms with Crippen molar-refractivity contribution in [3.05, 3.63) is 88.9 Å². The van der Waals surface area contributed by atoms with Crippen molar-refractivity contribution in [3.8, 4) is 5.75 Å². The SMILES string of the molecule is CCCN(CCN1C(=O)C(O)C(c2ccc(OC)cc2)Sc2cc(Cl)ccc21)Cc1ccccc1. The molecule has 0 saturated heterocycles. The van der Waals surface area contributed by atoms with E-state index in [1.165, 1.54) is 17.3 Å². The number of fused-ring (bicyclic) bond motifs is 1. The van der Waals surface area contributed by atoms with Crippen molar-refractivity contribution in [2.24, 2.45) is 0 Å². The first-order valence-corrected chi connectivity index (χ1v) is 13.1. The summed E-state index contributed by atoms with van der Waals surface area (Å²) in [5.74, 6) is 0.434. The van der Waals surface area contributed by atoms with E-state index in [1.807, 2.05) is 54.6 Å². The van der Waals surface area contributed by atoms with Crippen LogP contribution in [-0.4, -0.2) is 48.8 Å². The average molecular weight is 511 g/mol. The molecule has 0 radical (unpaired) electrons. The van der Waals surface area contributed by atoms with Crippen LogP contribution < -0.4 is 9.64 Å². The quantitative estimate of drug-likeness (QED) is 0.394. The molecule has 1 N–H and O–H groups in total. The average Bonchev–Trinajstić information content (AvgIpc) is 2.97. The van der Waals surface area contributed by atoms with Crippen LogP contribution in [0.1, 0.15) is 29.7 Å². The van der Waals surface area contributed by atoms with Crippen molar-refractivity contribution in [1.29, 1.82) is 0 Å². The highest BCUT2D eigenvalue weighted by molar-refractivity contribution is 7.99. The molecule has 2 unspecified atom stereocenters. The van der Waals surface area contributed by atoms with Crippen molar-refractivity contribution in [2.75, 3.05) is 31.6 Å². The number of carbonyl (C=O) groups excluding carboxylic acids is 1. The van der Waals surface area contributed by atoms with Gasteiger partial charge < -0.3 is 14.7 Å². The highest BCUT2D eigenvalue weighted by Crippen LogP contribution is 2.46. The van der Waals surface area contributed by atoms with Gasteiger partial charge in [-0.2, -0.15) is 0 Å². The van der Waals surface area contributed by atoms with Crippen LogP contribution in [-0.2, 0) is 11.3 Å². The van der Waals surface area contributed by atoms with Gasteiger partial charge in [-0.15, -0.1) is 11.8 Å². The minimum Gasteiger partial charge on any atom is -0.497 e. The van der Waals surface area contributed by atoms with E-state index in [0.29, 0.717) is 18.1 Å². The Hall–Kier alpha value is -2.51. The standard InChI is InChI=1S/C28H31ClN2O3S/c1-3-15-30(19-20-7-5-4-6-8-20)16-17-31-24-14-11-22(29)18-25(24)35-27(26(32)28(31)33)21-9-12-23(34-2)13-10-21/h4-14,18,26-27,32H,3,15-17,19H2,1-2H3. The van der Waals surface area contributed by atoms with Crippen molar-refractivity contribution < 1.29 is 14.6 Å². The number of rotatable bonds is 9. The highest BCUT2D eigenvalue weighted by atomic mass is 35.5. The summed E-state index contributed by atoms with van der Waals surface area (Å²) in [5.41, 5.74) is 2.89. The number of thioether (sulfide) groups is 1.